The Morgan fingerprint density at radius 2 is 1.91 bits per heavy atom. The summed E-state index contributed by atoms with van der Waals surface area (Å²) in [6.45, 7) is 3.93. The van der Waals surface area contributed by atoms with Crippen LogP contribution in [0.5, 0.6) is 0 Å². The van der Waals surface area contributed by atoms with Crippen LogP contribution in [-0.2, 0) is 4.79 Å². The van der Waals surface area contributed by atoms with E-state index in [1.807, 2.05) is 62.4 Å². The van der Waals surface area contributed by atoms with Crippen LogP contribution in [0.1, 0.15) is 12.5 Å². The number of anilines is 1. The van der Waals surface area contributed by atoms with Gasteiger partial charge in [0.15, 0.2) is 4.34 Å². The minimum absolute atomic E-state index is 0.00638. The predicted molar refractivity (Wildman–Crippen MR) is 94.7 cm³/mol. The summed E-state index contributed by atoms with van der Waals surface area (Å²) in [5.41, 5.74) is 2.99. The first-order chi connectivity index (χ1) is 10.6. The predicted octanol–water partition coefficient (Wildman–Crippen LogP) is 4.72. The van der Waals surface area contributed by atoms with Crippen molar-refractivity contribution in [3.8, 4) is 0 Å². The smallest absolute Gasteiger partial charge is 0.237 e. The standard InChI is InChI=1S/C17H16N2OS2/c1-11-7-9-13(10-8-11)18-16(20)12(2)21-17-19-14-5-3-4-6-15(14)22-17/h3-10,12H,1-2H3,(H,18,20)/t12-/m1/s1. The number of hydrogen-bond acceptors (Lipinski definition) is 4. The third-order valence-electron chi connectivity index (χ3n) is 3.24. The molecule has 112 valence electrons. The number of thioether (sulfide) groups is 1. The van der Waals surface area contributed by atoms with Crippen molar-refractivity contribution in [1.29, 1.82) is 0 Å². The second kappa shape index (κ2) is 6.50. The molecule has 0 aliphatic carbocycles. The van der Waals surface area contributed by atoms with Gasteiger partial charge >= 0.3 is 0 Å². The third-order valence-corrected chi connectivity index (χ3v) is 5.47. The number of para-hydroxylation sites is 1. The molecule has 0 spiro atoms. The number of fused-ring (bicyclic) bond motifs is 1. The molecule has 0 fully saturated rings. The third kappa shape index (κ3) is 3.48. The Hall–Kier alpha value is -1.85. The van der Waals surface area contributed by atoms with Crippen molar-refractivity contribution in [2.24, 2.45) is 0 Å². The minimum atomic E-state index is -0.193. The van der Waals surface area contributed by atoms with E-state index in [4.69, 9.17) is 0 Å². The molecule has 1 amide bonds. The van der Waals surface area contributed by atoms with Gasteiger partial charge in [0.05, 0.1) is 15.5 Å². The molecule has 5 heteroatoms. The van der Waals surface area contributed by atoms with Gasteiger partial charge in [-0.25, -0.2) is 4.98 Å². The SMILES string of the molecule is Cc1ccc(NC(=O)[C@@H](C)Sc2nc3ccccc3s2)cc1. The van der Waals surface area contributed by atoms with Crippen molar-refractivity contribution in [2.45, 2.75) is 23.4 Å². The highest BCUT2D eigenvalue weighted by Gasteiger charge is 2.16. The van der Waals surface area contributed by atoms with Crippen molar-refractivity contribution in [2.75, 3.05) is 5.32 Å². The first kappa shape index (κ1) is 15.1. The van der Waals surface area contributed by atoms with Crippen molar-refractivity contribution >= 4 is 44.9 Å². The molecular weight excluding hydrogens is 312 g/mol. The number of thiazole rings is 1. The number of nitrogens with one attached hydrogen (secondary N) is 1. The number of rotatable bonds is 4. The number of aryl methyl sites for hydroxylation is 1. The van der Waals surface area contributed by atoms with Gasteiger partial charge in [0, 0.05) is 5.69 Å². The van der Waals surface area contributed by atoms with E-state index in [0.717, 1.165) is 20.2 Å². The van der Waals surface area contributed by atoms with E-state index in [-0.39, 0.29) is 11.2 Å². The average molecular weight is 328 g/mol. The Bertz CT molecular complexity index is 763. The van der Waals surface area contributed by atoms with Crippen LogP contribution < -0.4 is 5.32 Å². The Kier molecular flexibility index (Phi) is 4.45. The molecule has 1 aromatic heterocycles. The van der Waals surface area contributed by atoms with Gasteiger partial charge < -0.3 is 5.32 Å². The summed E-state index contributed by atoms with van der Waals surface area (Å²) in [5, 5.41) is 2.75. The number of carbonyl (C=O) groups excluding carboxylic acids is 1. The summed E-state index contributed by atoms with van der Waals surface area (Å²) in [6.07, 6.45) is 0. The first-order valence-corrected chi connectivity index (χ1v) is 8.71. The number of benzene rings is 2. The van der Waals surface area contributed by atoms with E-state index < -0.39 is 0 Å². The number of nitrogens with zero attached hydrogens (tertiary/aromatic N) is 1. The number of carbonyl (C=O) groups is 1. The number of aromatic nitrogens is 1. The second-order valence-electron chi connectivity index (χ2n) is 5.06. The lowest BCUT2D eigenvalue weighted by molar-refractivity contribution is -0.115. The van der Waals surface area contributed by atoms with Crippen LogP contribution in [0.25, 0.3) is 10.2 Å². The van der Waals surface area contributed by atoms with E-state index in [2.05, 4.69) is 10.3 Å². The number of amides is 1. The zero-order valence-corrected chi connectivity index (χ0v) is 14.0. The fourth-order valence-electron chi connectivity index (χ4n) is 1.99. The Morgan fingerprint density at radius 3 is 2.64 bits per heavy atom. The van der Waals surface area contributed by atoms with E-state index in [9.17, 15) is 4.79 Å². The first-order valence-electron chi connectivity index (χ1n) is 7.01. The molecule has 0 saturated carbocycles. The molecule has 1 N–H and O–H groups in total. The summed E-state index contributed by atoms with van der Waals surface area (Å²) >= 11 is 3.12. The summed E-state index contributed by atoms with van der Waals surface area (Å²) < 4.78 is 2.07. The zero-order valence-electron chi connectivity index (χ0n) is 12.4. The maximum atomic E-state index is 12.3. The molecule has 0 aliphatic rings. The molecule has 0 aliphatic heterocycles. The maximum absolute atomic E-state index is 12.3. The van der Waals surface area contributed by atoms with E-state index in [0.29, 0.717) is 0 Å². The number of hydrogen-bond donors (Lipinski definition) is 1. The van der Waals surface area contributed by atoms with Crippen molar-refractivity contribution in [1.82, 2.24) is 4.98 Å². The van der Waals surface area contributed by atoms with Crippen molar-refractivity contribution in [3.63, 3.8) is 0 Å². The molecule has 3 nitrogen and oxygen atoms in total. The average Bonchev–Trinajstić information content (AvgIpc) is 2.91. The van der Waals surface area contributed by atoms with Crippen molar-refractivity contribution in [3.05, 3.63) is 54.1 Å². The highest BCUT2D eigenvalue weighted by Crippen LogP contribution is 2.32. The van der Waals surface area contributed by atoms with Crippen LogP contribution in [0.4, 0.5) is 5.69 Å². The molecule has 0 radical (unpaired) electrons. The molecule has 22 heavy (non-hydrogen) atoms. The van der Waals surface area contributed by atoms with Crippen LogP contribution in [-0.4, -0.2) is 16.1 Å². The van der Waals surface area contributed by atoms with Gasteiger partial charge in [0.25, 0.3) is 0 Å². The summed E-state index contributed by atoms with van der Waals surface area (Å²) in [5.74, 6) is -0.00638. The van der Waals surface area contributed by atoms with Crippen LogP contribution >= 0.6 is 23.1 Å². The van der Waals surface area contributed by atoms with Crippen molar-refractivity contribution < 1.29 is 4.79 Å². The van der Waals surface area contributed by atoms with E-state index >= 15 is 0 Å². The molecule has 3 rings (SSSR count). The van der Waals surface area contributed by atoms with Crippen LogP contribution in [0.2, 0.25) is 0 Å². The van der Waals surface area contributed by atoms with E-state index in [1.54, 1.807) is 11.3 Å². The molecule has 1 atom stereocenters. The minimum Gasteiger partial charge on any atom is -0.325 e. The van der Waals surface area contributed by atoms with Gasteiger partial charge in [0.2, 0.25) is 5.91 Å². The largest absolute Gasteiger partial charge is 0.325 e. The molecule has 0 saturated heterocycles. The fourth-order valence-corrected chi connectivity index (χ4v) is 4.20. The summed E-state index contributed by atoms with van der Waals surface area (Å²) in [6, 6.07) is 15.8. The van der Waals surface area contributed by atoms with Gasteiger partial charge in [-0.1, -0.05) is 41.6 Å². The van der Waals surface area contributed by atoms with Crippen LogP contribution in [0, 0.1) is 6.92 Å². The highest BCUT2D eigenvalue weighted by atomic mass is 32.2. The van der Waals surface area contributed by atoms with Gasteiger partial charge in [-0.2, -0.15) is 0 Å². The topological polar surface area (TPSA) is 42.0 Å². The Labute approximate surface area is 137 Å². The quantitative estimate of drug-likeness (QED) is 0.704. The summed E-state index contributed by atoms with van der Waals surface area (Å²) in [4.78, 5) is 16.8. The molecule has 2 aromatic carbocycles. The molecule has 1 heterocycles. The Balaban J connectivity index is 1.66. The highest BCUT2D eigenvalue weighted by molar-refractivity contribution is 8.02. The van der Waals surface area contributed by atoms with Crippen LogP contribution in [0.15, 0.2) is 52.9 Å². The summed E-state index contributed by atoms with van der Waals surface area (Å²) in [7, 11) is 0. The maximum Gasteiger partial charge on any atom is 0.237 e. The lowest BCUT2D eigenvalue weighted by atomic mass is 10.2. The van der Waals surface area contributed by atoms with Gasteiger partial charge in [-0.3, -0.25) is 4.79 Å². The lowest BCUT2D eigenvalue weighted by Gasteiger charge is -2.10. The van der Waals surface area contributed by atoms with Crippen LogP contribution in [0.3, 0.4) is 0 Å². The fraction of sp³-hybridized carbons (Fsp3) is 0.176. The van der Waals surface area contributed by atoms with Gasteiger partial charge in [-0.15, -0.1) is 11.3 Å². The van der Waals surface area contributed by atoms with Gasteiger partial charge in [-0.05, 0) is 38.1 Å². The second-order valence-corrected chi connectivity index (χ2v) is 7.68. The van der Waals surface area contributed by atoms with Gasteiger partial charge in [0.1, 0.15) is 0 Å². The molecule has 3 aromatic rings. The Morgan fingerprint density at radius 1 is 1.18 bits per heavy atom. The normalized spacial score (nSPS) is 12.3. The van der Waals surface area contributed by atoms with E-state index in [1.165, 1.54) is 17.3 Å². The molecule has 0 unspecified atom stereocenters. The monoisotopic (exact) mass is 328 g/mol. The molecule has 0 bridgehead atoms. The lowest BCUT2D eigenvalue weighted by Crippen LogP contribution is -2.22. The zero-order chi connectivity index (χ0) is 15.5. The molecular formula is C17H16N2OS2.